The molecule has 0 aromatic rings. The number of halogens is 2. The predicted octanol–water partition coefficient (Wildman–Crippen LogP) is 1.87. The van der Waals surface area contributed by atoms with Crippen LogP contribution in [0.3, 0.4) is 0 Å². The van der Waals surface area contributed by atoms with Gasteiger partial charge in [-0.05, 0) is 13.8 Å². The van der Waals surface area contributed by atoms with Gasteiger partial charge in [0.25, 0.3) is 0 Å². The number of ether oxygens (including phenoxy) is 4. The first-order chi connectivity index (χ1) is 10.6. The highest BCUT2D eigenvalue weighted by Gasteiger charge is 2.38. The molecule has 0 saturated heterocycles. The molecule has 0 aromatic heterocycles. The van der Waals surface area contributed by atoms with Gasteiger partial charge in [0.15, 0.2) is 0 Å². The van der Waals surface area contributed by atoms with E-state index in [1.807, 2.05) is 0 Å². The van der Waals surface area contributed by atoms with E-state index in [1.165, 1.54) is 6.92 Å². The molecule has 0 rings (SSSR count). The van der Waals surface area contributed by atoms with Crippen molar-refractivity contribution in [3.63, 3.8) is 0 Å². The van der Waals surface area contributed by atoms with Crippen LogP contribution in [0.5, 0.6) is 0 Å². The Labute approximate surface area is 130 Å². The van der Waals surface area contributed by atoms with Gasteiger partial charge in [-0.1, -0.05) is 6.58 Å². The second-order valence-corrected chi connectivity index (χ2v) is 4.67. The number of rotatable bonds is 9. The minimum Gasteiger partial charge on any atom is -0.461 e. The SMILES string of the molecule is C=C(C)C(=O)OCCOC(=O)C(C)(COC(=O)F)COC(=O)F. The van der Waals surface area contributed by atoms with Crippen molar-refractivity contribution in [2.75, 3.05) is 26.4 Å². The molecule has 0 saturated carbocycles. The van der Waals surface area contributed by atoms with Gasteiger partial charge in [-0.2, -0.15) is 0 Å². The lowest BCUT2D eigenvalue weighted by atomic mass is 9.93. The second kappa shape index (κ2) is 9.49. The molecule has 0 radical (unpaired) electrons. The van der Waals surface area contributed by atoms with Crippen LogP contribution in [0, 0.1) is 5.41 Å². The molecule has 10 heteroatoms. The maximum absolute atomic E-state index is 12.1. The van der Waals surface area contributed by atoms with Gasteiger partial charge in [0.1, 0.15) is 31.8 Å². The van der Waals surface area contributed by atoms with Crippen LogP contribution in [0.15, 0.2) is 12.2 Å². The maximum atomic E-state index is 12.1. The molecule has 0 bridgehead atoms. The predicted molar refractivity (Wildman–Crippen MR) is 69.8 cm³/mol. The van der Waals surface area contributed by atoms with E-state index in [-0.39, 0.29) is 18.8 Å². The Balaban J connectivity index is 4.54. The summed E-state index contributed by atoms with van der Waals surface area (Å²) in [4.78, 5) is 43.3. The summed E-state index contributed by atoms with van der Waals surface area (Å²) in [5.74, 6) is -1.77. The summed E-state index contributed by atoms with van der Waals surface area (Å²) < 4.78 is 41.6. The molecule has 0 unspecified atom stereocenters. The molecule has 0 N–H and O–H groups in total. The van der Waals surface area contributed by atoms with Crippen LogP contribution in [-0.4, -0.2) is 50.8 Å². The summed E-state index contributed by atoms with van der Waals surface area (Å²) in [6.07, 6.45) is -4.35. The van der Waals surface area contributed by atoms with E-state index in [2.05, 4.69) is 20.8 Å². The molecule has 0 atom stereocenters. The topological polar surface area (TPSA) is 105 Å². The lowest BCUT2D eigenvalue weighted by Crippen LogP contribution is -2.40. The van der Waals surface area contributed by atoms with E-state index in [4.69, 9.17) is 4.74 Å². The standard InChI is InChI=1S/C13H16F2O8/c1-8(2)9(16)20-4-5-21-10(17)13(3,6-22-11(14)18)7-23-12(15)19/h1,4-7H2,2-3H3. The molecule has 0 fully saturated rings. The summed E-state index contributed by atoms with van der Waals surface area (Å²) in [5, 5.41) is 0. The fourth-order valence-corrected chi connectivity index (χ4v) is 1.16. The summed E-state index contributed by atoms with van der Waals surface area (Å²) >= 11 is 0. The molecule has 0 heterocycles. The number of carbonyl (C=O) groups is 4. The van der Waals surface area contributed by atoms with E-state index in [1.54, 1.807) is 0 Å². The van der Waals surface area contributed by atoms with Gasteiger partial charge in [-0.3, -0.25) is 4.79 Å². The van der Waals surface area contributed by atoms with E-state index in [9.17, 15) is 28.0 Å². The second-order valence-electron chi connectivity index (χ2n) is 4.67. The summed E-state index contributed by atoms with van der Waals surface area (Å²) in [6.45, 7) is 3.50. The molecular formula is C13H16F2O8. The van der Waals surface area contributed by atoms with Gasteiger partial charge >= 0.3 is 24.4 Å². The lowest BCUT2D eigenvalue weighted by molar-refractivity contribution is -0.163. The lowest BCUT2D eigenvalue weighted by Gasteiger charge is -2.24. The van der Waals surface area contributed by atoms with Crippen molar-refractivity contribution in [1.29, 1.82) is 0 Å². The third kappa shape index (κ3) is 8.49. The fourth-order valence-electron chi connectivity index (χ4n) is 1.16. The van der Waals surface area contributed by atoms with Crippen molar-refractivity contribution in [1.82, 2.24) is 0 Å². The first kappa shape index (κ1) is 20.5. The van der Waals surface area contributed by atoms with Crippen molar-refractivity contribution >= 4 is 24.4 Å². The Morgan fingerprint density at radius 3 is 1.74 bits per heavy atom. The third-order valence-corrected chi connectivity index (χ3v) is 2.40. The average Bonchev–Trinajstić information content (AvgIpc) is 2.46. The fraction of sp³-hybridized carbons (Fsp3) is 0.538. The average molecular weight is 338 g/mol. The van der Waals surface area contributed by atoms with Gasteiger partial charge in [0.05, 0.1) is 0 Å². The van der Waals surface area contributed by atoms with Crippen LogP contribution in [-0.2, 0) is 28.5 Å². The Hall–Kier alpha value is -2.52. The smallest absolute Gasteiger partial charge is 0.461 e. The minimum atomic E-state index is -2.18. The molecule has 0 aliphatic heterocycles. The van der Waals surface area contributed by atoms with Crippen molar-refractivity contribution in [2.45, 2.75) is 13.8 Å². The molecule has 8 nitrogen and oxygen atoms in total. The maximum Gasteiger partial charge on any atom is 0.495 e. The monoisotopic (exact) mass is 338 g/mol. The Kier molecular flexibility index (Phi) is 8.45. The number of hydrogen-bond acceptors (Lipinski definition) is 8. The molecular weight excluding hydrogens is 322 g/mol. The van der Waals surface area contributed by atoms with Crippen LogP contribution < -0.4 is 0 Å². The zero-order valence-electron chi connectivity index (χ0n) is 12.6. The summed E-state index contributed by atoms with van der Waals surface area (Å²) in [5.41, 5.74) is -1.69. The summed E-state index contributed by atoms with van der Waals surface area (Å²) in [7, 11) is 0. The Morgan fingerprint density at radius 2 is 1.35 bits per heavy atom. The minimum absolute atomic E-state index is 0.144. The third-order valence-electron chi connectivity index (χ3n) is 2.40. The van der Waals surface area contributed by atoms with E-state index < -0.39 is 43.0 Å². The number of esters is 2. The molecule has 23 heavy (non-hydrogen) atoms. The number of carbonyl (C=O) groups excluding carboxylic acids is 4. The molecule has 0 aromatic carbocycles. The highest BCUT2D eigenvalue weighted by atomic mass is 19.2. The Morgan fingerprint density at radius 1 is 0.913 bits per heavy atom. The molecule has 130 valence electrons. The van der Waals surface area contributed by atoms with Crippen LogP contribution in [0.25, 0.3) is 0 Å². The zero-order valence-corrected chi connectivity index (χ0v) is 12.6. The van der Waals surface area contributed by atoms with Gasteiger partial charge in [0.2, 0.25) is 0 Å². The number of hydrogen-bond donors (Lipinski definition) is 0. The summed E-state index contributed by atoms with van der Waals surface area (Å²) in [6, 6.07) is 0. The van der Waals surface area contributed by atoms with Gasteiger partial charge in [-0.15, -0.1) is 8.78 Å². The highest BCUT2D eigenvalue weighted by molar-refractivity contribution is 5.86. The van der Waals surface area contributed by atoms with E-state index in [0.717, 1.165) is 6.92 Å². The quantitative estimate of drug-likeness (QED) is 0.206. The van der Waals surface area contributed by atoms with Crippen molar-refractivity contribution < 1.29 is 46.9 Å². The van der Waals surface area contributed by atoms with Gasteiger partial charge in [0, 0.05) is 5.57 Å². The van der Waals surface area contributed by atoms with Crippen LogP contribution in [0.1, 0.15) is 13.8 Å². The van der Waals surface area contributed by atoms with Gasteiger partial charge < -0.3 is 18.9 Å². The normalized spacial score (nSPS) is 10.4. The van der Waals surface area contributed by atoms with Crippen molar-refractivity contribution in [3.8, 4) is 0 Å². The van der Waals surface area contributed by atoms with E-state index >= 15 is 0 Å². The van der Waals surface area contributed by atoms with Crippen LogP contribution in [0.2, 0.25) is 0 Å². The van der Waals surface area contributed by atoms with Crippen LogP contribution >= 0.6 is 0 Å². The molecule has 0 aliphatic carbocycles. The largest absolute Gasteiger partial charge is 0.495 e. The zero-order chi connectivity index (χ0) is 18.0. The Bertz CT molecular complexity index is 470. The first-order valence-corrected chi connectivity index (χ1v) is 6.23. The highest BCUT2D eigenvalue weighted by Crippen LogP contribution is 2.21. The van der Waals surface area contributed by atoms with Gasteiger partial charge in [-0.25, -0.2) is 14.4 Å². The van der Waals surface area contributed by atoms with Crippen molar-refractivity contribution in [2.24, 2.45) is 5.41 Å². The molecule has 0 aliphatic rings. The van der Waals surface area contributed by atoms with Crippen LogP contribution in [0.4, 0.5) is 18.4 Å². The van der Waals surface area contributed by atoms with Crippen molar-refractivity contribution in [3.05, 3.63) is 12.2 Å². The molecule has 0 amide bonds. The van der Waals surface area contributed by atoms with E-state index in [0.29, 0.717) is 0 Å². The first-order valence-electron chi connectivity index (χ1n) is 6.23. The molecule has 0 spiro atoms.